The van der Waals surface area contributed by atoms with Crippen molar-refractivity contribution < 1.29 is 9.47 Å². The highest BCUT2D eigenvalue weighted by molar-refractivity contribution is 5.80. The second kappa shape index (κ2) is 9.73. The van der Waals surface area contributed by atoms with E-state index < -0.39 is 0 Å². The molecule has 0 spiro atoms. The SMILES string of the molecule is COCC(C)NC(=NCC1CCOC1)N1CCN(c2ccccn2)CC1. The number of pyridine rings is 1. The molecule has 2 fully saturated rings. The van der Waals surface area contributed by atoms with Gasteiger partial charge in [-0.2, -0.15) is 0 Å². The van der Waals surface area contributed by atoms with E-state index in [1.165, 1.54) is 0 Å². The fraction of sp³-hybridized carbons (Fsp3) is 0.684. The number of rotatable bonds is 6. The van der Waals surface area contributed by atoms with Crippen LogP contribution in [-0.2, 0) is 9.47 Å². The van der Waals surface area contributed by atoms with E-state index in [-0.39, 0.29) is 6.04 Å². The molecule has 144 valence electrons. The Kier molecular flexibility index (Phi) is 7.08. The van der Waals surface area contributed by atoms with Crippen LogP contribution in [0.1, 0.15) is 13.3 Å². The van der Waals surface area contributed by atoms with E-state index in [0.717, 1.165) is 64.1 Å². The summed E-state index contributed by atoms with van der Waals surface area (Å²) < 4.78 is 10.8. The highest BCUT2D eigenvalue weighted by Crippen LogP contribution is 2.15. The average Bonchev–Trinajstić information content (AvgIpc) is 3.20. The number of piperazine rings is 1. The quantitative estimate of drug-likeness (QED) is 0.607. The summed E-state index contributed by atoms with van der Waals surface area (Å²) in [5, 5.41) is 3.54. The van der Waals surface area contributed by atoms with Gasteiger partial charge in [0.1, 0.15) is 5.82 Å². The number of nitrogens with zero attached hydrogens (tertiary/aromatic N) is 4. The van der Waals surface area contributed by atoms with E-state index in [1.807, 2.05) is 18.3 Å². The molecular weight excluding hydrogens is 330 g/mol. The van der Waals surface area contributed by atoms with E-state index in [4.69, 9.17) is 14.5 Å². The van der Waals surface area contributed by atoms with Crippen molar-refractivity contribution in [1.29, 1.82) is 0 Å². The van der Waals surface area contributed by atoms with Crippen molar-refractivity contribution in [1.82, 2.24) is 15.2 Å². The number of hydrogen-bond donors (Lipinski definition) is 1. The Balaban J connectivity index is 1.59. The Labute approximate surface area is 156 Å². The van der Waals surface area contributed by atoms with Gasteiger partial charge in [-0.25, -0.2) is 4.98 Å². The molecule has 3 heterocycles. The van der Waals surface area contributed by atoms with Gasteiger partial charge in [-0.1, -0.05) is 6.07 Å². The number of methoxy groups -OCH3 is 1. The largest absolute Gasteiger partial charge is 0.383 e. The van der Waals surface area contributed by atoms with Gasteiger partial charge in [0.2, 0.25) is 0 Å². The fourth-order valence-electron chi connectivity index (χ4n) is 3.38. The number of hydrogen-bond acceptors (Lipinski definition) is 5. The molecule has 26 heavy (non-hydrogen) atoms. The van der Waals surface area contributed by atoms with Crippen LogP contribution in [0.5, 0.6) is 0 Å². The zero-order valence-corrected chi connectivity index (χ0v) is 15.9. The monoisotopic (exact) mass is 361 g/mol. The van der Waals surface area contributed by atoms with Crippen LogP contribution in [0.3, 0.4) is 0 Å². The molecule has 0 bridgehead atoms. The lowest BCUT2D eigenvalue weighted by Gasteiger charge is -2.38. The first-order valence-corrected chi connectivity index (χ1v) is 9.55. The molecule has 0 aliphatic carbocycles. The summed E-state index contributed by atoms with van der Waals surface area (Å²) in [6, 6.07) is 6.30. The molecule has 7 heteroatoms. The third-order valence-electron chi connectivity index (χ3n) is 4.87. The molecule has 3 rings (SSSR count). The Morgan fingerprint density at radius 2 is 2.23 bits per heavy atom. The van der Waals surface area contributed by atoms with Crippen LogP contribution in [0.2, 0.25) is 0 Å². The van der Waals surface area contributed by atoms with E-state index >= 15 is 0 Å². The van der Waals surface area contributed by atoms with E-state index in [0.29, 0.717) is 12.5 Å². The summed E-state index contributed by atoms with van der Waals surface area (Å²) in [6.45, 7) is 9.08. The van der Waals surface area contributed by atoms with Gasteiger partial charge in [-0.3, -0.25) is 4.99 Å². The summed E-state index contributed by atoms with van der Waals surface area (Å²) >= 11 is 0. The molecule has 1 N–H and O–H groups in total. The van der Waals surface area contributed by atoms with Crippen LogP contribution in [0.15, 0.2) is 29.4 Å². The Bertz CT molecular complexity index is 554. The number of aromatic nitrogens is 1. The highest BCUT2D eigenvalue weighted by atomic mass is 16.5. The van der Waals surface area contributed by atoms with Gasteiger partial charge >= 0.3 is 0 Å². The maximum Gasteiger partial charge on any atom is 0.194 e. The highest BCUT2D eigenvalue weighted by Gasteiger charge is 2.22. The lowest BCUT2D eigenvalue weighted by atomic mass is 10.1. The Morgan fingerprint density at radius 3 is 2.88 bits per heavy atom. The van der Waals surface area contributed by atoms with E-state index in [2.05, 4.69) is 33.1 Å². The molecular formula is C19H31N5O2. The number of aliphatic imine (C=N–C) groups is 1. The normalized spacial score (nSPS) is 22.5. The average molecular weight is 361 g/mol. The van der Waals surface area contributed by atoms with Crippen LogP contribution in [0, 0.1) is 5.92 Å². The van der Waals surface area contributed by atoms with Crippen LogP contribution >= 0.6 is 0 Å². The van der Waals surface area contributed by atoms with Crippen molar-refractivity contribution >= 4 is 11.8 Å². The van der Waals surface area contributed by atoms with Crippen LogP contribution in [-0.4, -0.2) is 81.5 Å². The molecule has 2 saturated heterocycles. The number of anilines is 1. The van der Waals surface area contributed by atoms with E-state index in [1.54, 1.807) is 7.11 Å². The minimum atomic E-state index is 0.229. The molecule has 2 aliphatic heterocycles. The van der Waals surface area contributed by atoms with Crippen LogP contribution in [0.25, 0.3) is 0 Å². The number of nitrogens with one attached hydrogen (secondary N) is 1. The zero-order chi connectivity index (χ0) is 18.2. The maximum absolute atomic E-state index is 5.48. The van der Waals surface area contributed by atoms with Crippen molar-refractivity contribution in [2.75, 3.05) is 64.6 Å². The summed E-state index contributed by atoms with van der Waals surface area (Å²) in [5.74, 6) is 2.58. The molecule has 7 nitrogen and oxygen atoms in total. The predicted octanol–water partition coefficient (Wildman–Crippen LogP) is 1.22. The van der Waals surface area contributed by atoms with Gasteiger partial charge < -0.3 is 24.6 Å². The van der Waals surface area contributed by atoms with Crippen molar-refractivity contribution in [3.05, 3.63) is 24.4 Å². The minimum absolute atomic E-state index is 0.229. The van der Waals surface area contributed by atoms with Gasteiger partial charge in [0.25, 0.3) is 0 Å². The first-order valence-electron chi connectivity index (χ1n) is 9.55. The second-order valence-corrected chi connectivity index (χ2v) is 7.06. The minimum Gasteiger partial charge on any atom is -0.383 e. The predicted molar refractivity (Wildman–Crippen MR) is 104 cm³/mol. The third-order valence-corrected chi connectivity index (χ3v) is 4.87. The molecule has 0 saturated carbocycles. The molecule has 0 amide bonds. The van der Waals surface area contributed by atoms with Gasteiger partial charge in [0.15, 0.2) is 5.96 Å². The fourth-order valence-corrected chi connectivity index (χ4v) is 3.38. The molecule has 2 aliphatic rings. The smallest absolute Gasteiger partial charge is 0.194 e. The van der Waals surface area contributed by atoms with Gasteiger partial charge in [-0.05, 0) is 25.5 Å². The van der Waals surface area contributed by atoms with Gasteiger partial charge in [0, 0.05) is 64.6 Å². The molecule has 0 radical (unpaired) electrons. The van der Waals surface area contributed by atoms with Crippen molar-refractivity contribution in [3.63, 3.8) is 0 Å². The van der Waals surface area contributed by atoms with Crippen molar-refractivity contribution in [3.8, 4) is 0 Å². The molecule has 1 aromatic heterocycles. The maximum atomic E-state index is 5.48. The molecule has 2 atom stereocenters. The van der Waals surface area contributed by atoms with Crippen molar-refractivity contribution in [2.45, 2.75) is 19.4 Å². The third kappa shape index (κ3) is 5.32. The van der Waals surface area contributed by atoms with E-state index in [9.17, 15) is 0 Å². The zero-order valence-electron chi connectivity index (χ0n) is 15.9. The first-order chi connectivity index (χ1) is 12.8. The second-order valence-electron chi connectivity index (χ2n) is 7.06. The molecule has 2 unspecified atom stereocenters. The lowest BCUT2D eigenvalue weighted by Crippen LogP contribution is -2.54. The standard InChI is InChI=1S/C19H31N5O2/c1-16(14-25-2)22-19(21-13-17-6-12-26-15-17)24-10-8-23(9-11-24)18-5-3-4-7-20-18/h3-5,7,16-17H,6,8-15H2,1-2H3,(H,21,22). The first kappa shape index (κ1) is 18.9. The van der Waals surface area contributed by atoms with Crippen molar-refractivity contribution in [2.24, 2.45) is 10.9 Å². The lowest BCUT2D eigenvalue weighted by molar-refractivity contribution is 0.177. The molecule has 0 aromatic carbocycles. The summed E-state index contributed by atoms with van der Waals surface area (Å²) in [7, 11) is 1.73. The van der Waals surface area contributed by atoms with Crippen LogP contribution < -0.4 is 10.2 Å². The summed E-state index contributed by atoms with van der Waals surface area (Å²) in [5.41, 5.74) is 0. The number of ether oxygens (including phenoxy) is 2. The molecule has 1 aromatic rings. The van der Waals surface area contributed by atoms with Gasteiger partial charge in [0.05, 0.1) is 13.2 Å². The Hall–Kier alpha value is -1.86. The topological polar surface area (TPSA) is 62.2 Å². The Morgan fingerprint density at radius 1 is 1.38 bits per heavy atom. The summed E-state index contributed by atoms with van der Waals surface area (Å²) in [4.78, 5) is 14.1. The summed E-state index contributed by atoms with van der Waals surface area (Å²) in [6.07, 6.45) is 2.96. The number of guanidine groups is 1. The van der Waals surface area contributed by atoms with Gasteiger partial charge in [-0.15, -0.1) is 0 Å². The van der Waals surface area contributed by atoms with Crippen LogP contribution in [0.4, 0.5) is 5.82 Å².